The lowest BCUT2D eigenvalue weighted by molar-refractivity contribution is 0.170. The monoisotopic (exact) mass is 326 g/mol. The van der Waals surface area contributed by atoms with Crippen molar-refractivity contribution in [3.05, 3.63) is 20.8 Å². The van der Waals surface area contributed by atoms with Crippen molar-refractivity contribution in [3.8, 4) is 0 Å². The van der Waals surface area contributed by atoms with E-state index in [4.69, 9.17) is 0 Å². The first-order chi connectivity index (χ1) is 7.44. The average Bonchev–Trinajstić information content (AvgIpc) is 2.64. The molecule has 92 valence electrons. The van der Waals surface area contributed by atoms with Crippen LogP contribution in [0.5, 0.6) is 0 Å². The van der Waals surface area contributed by atoms with Crippen molar-refractivity contribution in [2.75, 3.05) is 11.5 Å². The molecule has 0 aromatic carbocycles. The lowest BCUT2D eigenvalue weighted by Gasteiger charge is -2.07. The first-order valence-electron chi connectivity index (χ1n) is 5.07. The molecule has 1 unspecified atom stereocenters. The van der Waals surface area contributed by atoms with E-state index in [1.807, 2.05) is 11.4 Å². The largest absolute Gasteiger partial charge is 0.388 e. The maximum atomic E-state index is 11.2. The summed E-state index contributed by atoms with van der Waals surface area (Å²) in [5, 5.41) is 11.7. The highest BCUT2D eigenvalue weighted by molar-refractivity contribution is 9.10. The third-order valence-electron chi connectivity index (χ3n) is 2.29. The fourth-order valence-corrected chi connectivity index (χ4v) is 3.65. The number of hydrogen-bond acceptors (Lipinski definition) is 4. The molecular formula is C10H15BrO3S2. The zero-order valence-electron chi connectivity index (χ0n) is 9.02. The molecule has 1 heterocycles. The van der Waals surface area contributed by atoms with Gasteiger partial charge in [-0.05, 0) is 34.8 Å². The topological polar surface area (TPSA) is 54.4 Å². The lowest BCUT2D eigenvalue weighted by Crippen LogP contribution is -2.09. The van der Waals surface area contributed by atoms with Gasteiger partial charge in [0.15, 0.2) is 0 Å². The molecule has 1 N–H and O–H groups in total. The Bertz CT molecular complexity index is 425. The molecule has 1 aromatic heterocycles. The van der Waals surface area contributed by atoms with E-state index in [2.05, 4.69) is 15.9 Å². The summed E-state index contributed by atoms with van der Waals surface area (Å²) in [5.41, 5.74) is 0. The van der Waals surface area contributed by atoms with Crippen LogP contribution in [0.1, 0.15) is 30.7 Å². The Kier molecular flexibility index (Phi) is 5.43. The number of aliphatic hydroxyl groups is 1. The van der Waals surface area contributed by atoms with Crippen LogP contribution in [0.2, 0.25) is 0 Å². The molecule has 3 nitrogen and oxygen atoms in total. The Labute approximate surface area is 109 Å². The number of aliphatic hydroxyl groups excluding tert-OH is 1. The molecule has 6 heteroatoms. The van der Waals surface area contributed by atoms with E-state index >= 15 is 0 Å². The molecule has 1 aromatic rings. The predicted octanol–water partition coefficient (Wildman–Crippen LogP) is 2.76. The first-order valence-corrected chi connectivity index (χ1v) is 8.56. The summed E-state index contributed by atoms with van der Waals surface area (Å²) in [4.78, 5) is 0.876. The summed E-state index contributed by atoms with van der Waals surface area (Å²) in [6, 6.07) is 1.86. The van der Waals surface area contributed by atoms with Crippen LogP contribution in [0.3, 0.4) is 0 Å². The number of halogens is 1. The van der Waals surface area contributed by atoms with Crippen LogP contribution in [-0.4, -0.2) is 25.0 Å². The van der Waals surface area contributed by atoms with Gasteiger partial charge in [-0.15, -0.1) is 11.3 Å². The minimum Gasteiger partial charge on any atom is -0.388 e. The van der Waals surface area contributed by atoms with Crippen LogP contribution in [0.4, 0.5) is 0 Å². The molecule has 0 fully saturated rings. The van der Waals surface area contributed by atoms with Gasteiger partial charge >= 0.3 is 0 Å². The number of thiophene rings is 1. The molecule has 16 heavy (non-hydrogen) atoms. The third-order valence-corrected chi connectivity index (χ3v) is 5.87. The molecular weight excluding hydrogens is 312 g/mol. The van der Waals surface area contributed by atoms with Crippen LogP contribution < -0.4 is 0 Å². The molecule has 0 aliphatic rings. The summed E-state index contributed by atoms with van der Waals surface area (Å²) in [6.07, 6.45) is 0.447. The average molecular weight is 327 g/mol. The maximum Gasteiger partial charge on any atom is 0.150 e. The highest BCUT2D eigenvalue weighted by atomic mass is 79.9. The molecule has 0 aliphatic heterocycles. The van der Waals surface area contributed by atoms with Gasteiger partial charge in [-0.25, -0.2) is 8.42 Å². The van der Waals surface area contributed by atoms with Gasteiger partial charge in [-0.2, -0.15) is 0 Å². The summed E-state index contributed by atoms with van der Waals surface area (Å²) in [6.45, 7) is 1.64. The van der Waals surface area contributed by atoms with E-state index < -0.39 is 15.9 Å². The van der Waals surface area contributed by atoms with E-state index in [0.29, 0.717) is 12.8 Å². The summed E-state index contributed by atoms with van der Waals surface area (Å²) >= 11 is 4.79. The van der Waals surface area contributed by atoms with Crippen molar-refractivity contribution in [3.63, 3.8) is 0 Å². The smallest absolute Gasteiger partial charge is 0.150 e. The predicted molar refractivity (Wildman–Crippen MR) is 70.5 cm³/mol. The number of hydrogen-bond donors (Lipinski definition) is 1. The molecule has 1 atom stereocenters. The van der Waals surface area contributed by atoms with Crippen molar-refractivity contribution >= 4 is 37.1 Å². The quantitative estimate of drug-likeness (QED) is 0.874. The lowest BCUT2D eigenvalue weighted by atomic mass is 10.2. The van der Waals surface area contributed by atoms with Gasteiger partial charge in [-0.3, -0.25) is 0 Å². The van der Waals surface area contributed by atoms with Crippen LogP contribution in [0, 0.1) is 0 Å². The van der Waals surface area contributed by atoms with Crippen molar-refractivity contribution in [2.45, 2.75) is 25.9 Å². The standard InChI is InChI=1S/C10H15BrO3S2/c1-2-16(13,14)5-3-4-9(12)10-6-8(11)7-15-10/h6-7,9,12H,2-5H2,1H3. The van der Waals surface area contributed by atoms with E-state index in [9.17, 15) is 13.5 Å². The second-order valence-electron chi connectivity index (χ2n) is 3.56. The first kappa shape index (κ1) is 14.2. The van der Waals surface area contributed by atoms with E-state index in [0.717, 1.165) is 9.35 Å². The fraction of sp³-hybridized carbons (Fsp3) is 0.600. The Hall–Kier alpha value is 0.0900. The maximum absolute atomic E-state index is 11.2. The summed E-state index contributed by atoms with van der Waals surface area (Å²) in [7, 11) is -2.91. The number of sulfone groups is 1. The van der Waals surface area contributed by atoms with E-state index in [1.165, 1.54) is 11.3 Å². The van der Waals surface area contributed by atoms with Gasteiger partial charge in [0.2, 0.25) is 0 Å². The van der Waals surface area contributed by atoms with Crippen molar-refractivity contribution in [1.82, 2.24) is 0 Å². The van der Waals surface area contributed by atoms with Crippen LogP contribution in [-0.2, 0) is 9.84 Å². The van der Waals surface area contributed by atoms with E-state index in [1.54, 1.807) is 6.92 Å². The van der Waals surface area contributed by atoms with Crippen molar-refractivity contribution < 1.29 is 13.5 Å². The third kappa shape index (κ3) is 4.53. The van der Waals surface area contributed by atoms with Crippen molar-refractivity contribution in [2.24, 2.45) is 0 Å². The summed E-state index contributed by atoms with van der Waals surface area (Å²) < 4.78 is 23.4. The second-order valence-corrected chi connectivity index (χ2v) is 7.89. The van der Waals surface area contributed by atoms with Gasteiger partial charge in [0, 0.05) is 20.5 Å². The Morgan fingerprint density at radius 1 is 1.56 bits per heavy atom. The highest BCUT2D eigenvalue weighted by Crippen LogP contribution is 2.28. The molecule has 0 radical (unpaired) electrons. The minimum absolute atomic E-state index is 0.160. The minimum atomic E-state index is -2.91. The fourth-order valence-electron chi connectivity index (χ4n) is 1.29. The van der Waals surface area contributed by atoms with Crippen LogP contribution >= 0.6 is 27.3 Å². The normalized spacial score (nSPS) is 13.9. The molecule has 0 aliphatic carbocycles. The molecule has 0 saturated heterocycles. The number of rotatable bonds is 6. The Morgan fingerprint density at radius 3 is 2.75 bits per heavy atom. The van der Waals surface area contributed by atoms with E-state index in [-0.39, 0.29) is 11.5 Å². The zero-order valence-corrected chi connectivity index (χ0v) is 12.2. The van der Waals surface area contributed by atoms with Crippen molar-refractivity contribution in [1.29, 1.82) is 0 Å². The molecule has 0 amide bonds. The Morgan fingerprint density at radius 2 is 2.25 bits per heavy atom. The Balaban J connectivity index is 2.39. The van der Waals surface area contributed by atoms with Gasteiger partial charge in [0.1, 0.15) is 9.84 Å². The molecule has 1 rings (SSSR count). The SMILES string of the molecule is CCS(=O)(=O)CCCC(O)c1cc(Br)cs1. The molecule has 0 saturated carbocycles. The molecule has 0 bridgehead atoms. The molecule has 0 spiro atoms. The van der Waals surface area contributed by atoms with Gasteiger partial charge in [-0.1, -0.05) is 6.92 Å². The van der Waals surface area contributed by atoms with Gasteiger partial charge in [0.25, 0.3) is 0 Å². The van der Waals surface area contributed by atoms with Crippen LogP contribution in [0.25, 0.3) is 0 Å². The second kappa shape index (κ2) is 6.14. The van der Waals surface area contributed by atoms with Gasteiger partial charge < -0.3 is 5.11 Å². The zero-order chi connectivity index (χ0) is 12.2. The van der Waals surface area contributed by atoms with Crippen LogP contribution in [0.15, 0.2) is 15.9 Å². The summed E-state index contributed by atoms with van der Waals surface area (Å²) in [5.74, 6) is 0.334. The highest BCUT2D eigenvalue weighted by Gasteiger charge is 2.12. The van der Waals surface area contributed by atoms with Gasteiger partial charge in [0.05, 0.1) is 11.9 Å².